The van der Waals surface area contributed by atoms with Crippen molar-refractivity contribution < 1.29 is 17.9 Å². The normalized spacial score (nSPS) is 12.3. The summed E-state index contributed by atoms with van der Waals surface area (Å²) in [7, 11) is -2.25. The quantitative estimate of drug-likeness (QED) is 0.416. The van der Waals surface area contributed by atoms with Crippen LogP contribution in [0.2, 0.25) is 0 Å². The fourth-order valence-electron chi connectivity index (χ4n) is 3.69. The zero-order valence-corrected chi connectivity index (χ0v) is 21.1. The van der Waals surface area contributed by atoms with E-state index in [9.17, 15) is 13.2 Å². The SMILES string of the molecule is COc1ccc([C@@H](CC(C)C)NC(=O)c2ccc(C)c(S(=O)(=O)Nc3ccc(C)cc3)c2)cc1. The molecule has 0 heterocycles. The molecule has 0 spiro atoms. The summed E-state index contributed by atoms with van der Waals surface area (Å²) < 4.78 is 34.0. The summed E-state index contributed by atoms with van der Waals surface area (Å²) in [6.45, 7) is 7.83. The number of carbonyl (C=O) groups excluding carboxylic acids is 1. The predicted molar refractivity (Wildman–Crippen MR) is 136 cm³/mol. The molecule has 0 fully saturated rings. The van der Waals surface area contributed by atoms with Crippen LogP contribution in [0.15, 0.2) is 71.6 Å². The van der Waals surface area contributed by atoms with Crippen molar-refractivity contribution in [3.05, 3.63) is 89.0 Å². The largest absolute Gasteiger partial charge is 0.497 e. The first kappa shape index (κ1) is 25.3. The molecule has 180 valence electrons. The summed E-state index contributed by atoms with van der Waals surface area (Å²) in [5, 5.41) is 3.08. The number of benzene rings is 3. The molecule has 1 atom stereocenters. The van der Waals surface area contributed by atoms with Crippen molar-refractivity contribution in [2.75, 3.05) is 11.8 Å². The second-order valence-corrected chi connectivity index (χ2v) is 10.5. The number of anilines is 1. The van der Waals surface area contributed by atoms with Gasteiger partial charge in [-0.05, 0) is 73.7 Å². The molecule has 0 radical (unpaired) electrons. The van der Waals surface area contributed by atoms with Crippen LogP contribution in [0.4, 0.5) is 5.69 Å². The molecule has 34 heavy (non-hydrogen) atoms. The van der Waals surface area contributed by atoms with Crippen LogP contribution >= 0.6 is 0 Å². The van der Waals surface area contributed by atoms with E-state index in [0.717, 1.165) is 23.3 Å². The Hall–Kier alpha value is -3.32. The Labute approximate surface area is 202 Å². The average molecular weight is 481 g/mol. The molecule has 2 N–H and O–H groups in total. The molecule has 3 aromatic carbocycles. The molecule has 0 aliphatic carbocycles. The van der Waals surface area contributed by atoms with Crippen LogP contribution in [0.25, 0.3) is 0 Å². The molecule has 6 nitrogen and oxygen atoms in total. The molecule has 7 heteroatoms. The monoisotopic (exact) mass is 480 g/mol. The highest BCUT2D eigenvalue weighted by Crippen LogP contribution is 2.25. The summed E-state index contributed by atoms with van der Waals surface area (Å²) >= 11 is 0. The van der Waals surface area contributed by atoms with Crippen LogP contribution in [0.5, 0.6) is 5.75 Å². The first-order valence-electron chi connectivity index (χ1n) is 11.2. The van der Waals surface area contributed by atoms with Crippen molar-refractivity contribution in [2.45, 2.75) is 45.1 Å². The Morgan fingerprint density at radius 3 is 2.18 bits per heavy atom. The number of sulfonamides is 1. The zero-order chi connectivity index (χ0) is 24.9. The number of amides is 1. The van der Waals surface area contributed by atoms with Crippen molar-refractivity contribution in [1.82, 2.24) is 5.32 Å². The Bertz CT molecular complexity index is 1230. The molecule has 0 bridgehead atoms. The predicted octanol–water partition coefficient (Wildman–Crippen LogP) is 5.63. The number of aryl methyl sites for hydroxylation is 2. The lowest BCUT2D eigenvalue weighted by Gasteiger charge is -2.22. The number of hydrogen-bond acceptors (Lipinski definition) is 4. The van der Waals surface area contributed by atoms with Gasteiger partial charge in [0.2, 0.25) is 0 Å². The van der Waals surface area contributed by atoms with E-state index < -0.39 is 10.0 Å². The third-order valence-electron chi connectivity index (χ3n) is 5.57. The summed E-state index contributed by atoms with van der Waals surface area (Å²) in [5.41, 5.74) is 3.31. The van der Waals surface area contributed by atoms with Gasteiger partial charge < -0.3 is 10.1 Å². The van der Waals surface area contributed by atoms with Gasteiger partial charge in [-0.25, -0.2) is 8.42 Å². The first-order valence-corrected chi connectivity index (χ1v) is 12.7. The Morgan fingerprint density at radius 1 is 0.941 bits per heavy atom. The third kappa shape index (κ3) is 6.38. The first-order chi connectivity index (χ1) is 16.1. The van der Waals surface area contributed by atoms with Crippen molar-refractivity contribution in [3.63, 3.8) is 0 Å². The van der Waals surface area contributed by atoms with Gasteiger partial charge in [-0.1, -0.05) is 49.7 Å². The number of nitrogens with one attached hydrogen (secondary N) is 2. The molecule has 0 aromatic heterocycles. The second kappa shape index (κ2) is 10.7. The molecule has 0 unspecified atom stereocenters. The maximum absolute atomic E-state index is 13.2. The van der Waals surface area contributed by atoms with Crippen molar-refractivity contribution >= 4 is 21.6 Å². The van der Waals surface area contributed by atoms with E-state index >= 15 is 0 Å². The highest BCUT2D eigenvalue weighted by atomic mass is 32.2. The highest BCUT2D eigenvalue weighted by Gasteiger charge is 2.22. The topological polar surface area (TPSA) is 84.5 Å². The van der Waals surface area contributed by atoms with E-state index in [0.29, 0.717) is 17.2 Å². The molecular weight excluding hydrogens is 448 g/mol. The van der Waals surface area contributed by atoms with Gasteiger partial charge in [0.1, 0.15) is 5.75 Å². The molecular formula is C27H32N2O4S. The lowest BCUT2D eigenvalue weighted by atomic mass is 9.96. The Kier molecular flexibility index (Phi) is 7.99. The van der Waals surface area contributed by atoms with Gasteiger partial charge in [0.05, 0.1) is 18.0 Å². The van der Waals surface area contributed by atoms with Gasteiger partial charge in [-0.3, -0.25) is 9.52 Å². The molecule has 0 saturated carbocycles. The maximum atomic E-state index is 13.2. The molecule has 0 aliphatic heterocycles. The van der Waals surface area contributed by atoms with Crippen molar-refractivity contribution in [2.24, 2.45) is 5.92 Å². The van der Waals surface area contributed by atoms with Gasteiger partial charge in [0.25, 0.3) is 15.9 Å². The van der Waals surface area contributed by atoms with Gasteiger partial charge in [0, 0.05) is 11.3 Å². The number of methoxy groups -OCH3 is 1. The number of ether oxygens (including phenoxy) is 1. The van der Waals surface area contributed by atoms with Gasteiger partial charge in [0.15, 0.2) is 0 Å². The van der Waals surface area contributed by atoms with E-state index in [2.05, 4.69) is 23.9 Å². The zero-order valence-electron chi connectivity index (χ0n) is 20.3. The minimum absolute atomic E-state index is 0.0746. The molecule has 3 aromatic rings. The van der Waals surface area contributed by atoms with Gasteiger partial charge in [-0.2, -0.15) is 0 Å². The van der Waals surface area contributed by atoms with Crippen LogP contribution in [0, 0.1) is 19.8 Å². The fraction of sp³-hybridized carbons (Fsp3) is 0.296. The number of hydrogen-bond donors (Lipinski definition) is 2. The van der Waals surface area contributed by atoms with E-state index in [1.54, 1.807) is 38.3 Å². The third-order valence-corrected chi connectivity index (χ3v) is 7.10. The lowest BCUT2D eigenvalue weighted by Crippen LogP contribution is -2.29. The molecule has 1 amide bonds. The minimum Gasteiger partial charge on any atom is -0.497 e. The molecule has 3 rings (SSSR count). The standard InChI is InChI=1S/C27H32N2O4S/c1-18(2)16-25(21-10-14-24(33-5)15-11-21)28-27(30)22-9-8-20(4)26(17-22)34(31,32)29-23-12-6-19(3)7-13-23/h6-15,17-18,25,29H,16H2,1-5H3,(H,28,30)/t25-/m1/s1. The van der Waals surface area contributed by atoms with Crippen LogP contribution in [-0.4, -0.2) is 21.4 Å². The minimum atomic E-state index is -3.86. The van der Waals surface area contributed by atoms with E-state index in [1.165, 1.54) is 6.07 Å². The van der Waals surface area contributed by atoms with E-state index in [1.807, 2.05) is 43.3 Å². The smallest absolute Gasteiger partial charge is 0.262 e. The van der Waals surface area contributed by atoms with E-state index in [4.69, 9.17) is 4.74 Å². The van der Waals surface area contributed by atoms with Crippen LogP contribution in [0.3, 0.4) is 0 Å². The van der Waals surface area contributed by atoms with E-state index in [-0.39, 0.29) is 22.4 Å². The lowest BCUT2D eigenvalue weighted by molar-refractivity contribution is 0.0931. The summed E-state index contributed by atoms with van der Waals surface area (Å²) in [5.74, 6) is 0.765. The Morgan fingerprint density at radius 2 is 1.59 bits per heavy atom. The van der Waals surface area contributed by atoms with Crippen molar-refractivity contribution in [1.29, 1.82) is 0 Å². The van der Waals surface area contributed by atoms with Crippen LogP contribution in [0.1, 0.15) is 53.4 Å². The summed E-state index contributed by atoms with van der Waals surface area (Å²) in [6.07, 6.45) is 0.740. The fourth-order valence-corrected chi connectivity index (χ4v) is 5.02. The average Bonchev–Trinajstić information content (AvgIpc) is 2.80. The summed E-state index contributed by atoms with van der Waals surface area (Å²) in [6, 6.07) is 19.2. The Balaban J connectivity index is 1.86. The van der Waals surface area contributed by atoms with Gasteiger partial charge in [-0.15, -0.1) is 0 Å². The molecule has 0 saturated heterocycles. The number of rotatable bonds is 9. The summed E-state index contributed by atoms with van der Waals surface area (Å²) in [4.78, 5) is 13.2. The van der Waals surface area contributed by atoms with Crippen LogP contribution in [-0.2, 0) is 10.0 Å². The number of carbonyl (C=O) groups is 1. The maximum Gasteiger partial charge on any atom is 0.262 e. The highest BCUT2D eigenvalue weighted by molar-refractivity contribution is 7.92. The van der Waals surface area contributed by atoms with Crippen molar-refractivity contribution in [3.8, 4) is 5.75 Å². The van der Waals surface area contributed by atoms with Gasteiger partial charge >= 0.3 is 0 Å². The van der Waals surface area contributed by atoms with Crippen LogP contribution < -0.4 is 14.8 Å². The second-order valence-electron chi connectivity index (χ2n) is 8.88. The molecule has 0 aliphatic rings.